The topological polar surface area (TPSA) is 65.1 Å². The van der Waals surface area contributed by atoms with Gasteiger partial charge in [-0.3, -0.25) is 14.5 Å². The summed E-state index contributed by atoms with van der Waals surface area (Å²) in [5.74, 6) is 0.475. The van der Waals surface area contributed by atoms with Gasteiger partial charge in [0.05, 0.1) is 33.4 Å². The van der Waals surface area contributed by atoms with Gasteiger partial charge in [0.1, 0.15) is 0 Å². The average molecular weight is 341 g/mol. The number of ether oxygens (including phenoxy) is 3. The van der Waals surface area contributed by atoms with Crippen LogP contribution in [0.25, 0.3) is 0 Å². The van der Waals surface area contributed by atoms with Crippen molar-refractivity contribution in [3.05, 3.63) is 52.6 Å². The minimum absolute atomic E-state index is 0.129. The zero-order valence-corrected chi connectivity index (χ0v) is 14.6. The monoisotopic (exact) mass is 341 g/mol. The summed E-state index contributed by atoms with van der Waals surface area (Å²) in [7, 11) is 4.48. The first-order chi connectivity index (χ1) is 12.0. The Balaban J connectivity index is 2.03. The quantitative estimate of drug-likeness (QED) is 0.800. The molecular formula is C19H19NO5. The average Bonchev–Trinajstić information content (AvgIpc) is 2.96. The lowest BCUT2D eigenvalue weighted by atomic mass is 10.1. The van der Waals surface area contributed by atoms with Crippen LogP contribution in [0.2, 0.25) is 0 Å². The van der Waals surface area contributed by atoms with Crippen LogP contribution in [0.4, 0.5) is 0 Å². The summed E-state index contributed by atoms with van der Waals surface area (Å²) in [6.45, 7) is 2.07. The Morgan fingerprint density at radius 3 is 2.20 bits per heavy atom. The number of methoxy groups -OCH3 is 3. The second kappa shape index (κ2) is 6.47. The van der Waals surface area contributed by atoms with Gasteiger partial charge in [0.25, 0.3) is 11.8 Å². The van der Waals surface area contributed by atoms with Gasteiger partial charge in [-0.25, -0.2) is 0 Å². The van der Waals surface area contributed by atoms with Crippen molar-refractivity contribution in [2.75, 3.05) is 21.3 Å². The summed E-state index contributed by atoms with van der Waals surface area (Å²) in [4.78, 5) is 26.7. The van der Waals surface area contributed by atoms with Crippen molar-refractivity contribution in [2.24, 2.45) is 0 Å². The van der Waals surface area contributed by atoms with Gasteiger partial charge in [-0.15, -0.1) is 0 Å². The number of carbonyl (C=O) groups is 2. The maximum Gasteiger partial charge on any atom is 0.261 e. The standard InChI is InChI=1S/C19H19NO5/c1-11-5-7-12(8-6-11)18(21)20-10-14-13(19(20)22)9-15(23-2)17(25-4)16(14)24-3/h5-9H,10H2,1-4H3. The molecule has 0 fully saturated rings. The Labute approximate surface area is 145 Å². The highest BCUT2D eigenvalue weighted by Gasteiger charge is 2.37. The van der Waals surface area contributed by atoms with Crippen molar-refractivity contribution in [3.63, 3.8) is 0 Å². The van der Waals surface area contributed by atoms with Gasteiger partial charge in [0.15, 0.2) is 11.5 Å². The van der Waals surface area contributed by atoms with Crippen LogP contribution in [0.5, 0.6) is 17.2 Å². The molecule has 6 nitrogen and oxygen atoms in total. The molecule has 6 heteroatoms. The molecule has 2 aromatic carbocycles. The number of fused-ring (bicyclic) bond motifs is 1. The highest BCUT2D eigenvalue weighted by molar-refractivity contribution is 6.13. The molecule has 2 aromatic rings. The first kappa shape index (κ1) is 16.8. The molecule has 0 unspecified atom stereocenters. The zero-order chi connectivity index (χ0) is 18.1. The highest BCUT2D eigenvalue weighted by atomic mass is 16.5. The summed E-state index contributed by atoms with van der Waals surface area (Å²) in [6.07, 6.45) is 0. The van der Waals surface area contributed by atoms with Crippen LogP contribution in [-0.4, -0.2) is 38.0 Å². The third kappa shape index (κ3) is 2.69. The lowest BCUT2D eigenvalue weighted by molar-refractivity contribution is 0.0630. The predicted octanol–water partition coefficient (Wildman–Crippen LogP) is 2.82. The van der Waals surface area contributed by atoms with Crippen molar-refractivity contribution in [1.82, 2.24) is 4.90 Å². The van der Waals surface area contributed by atoms with Crippen LogP contribution in [0, 0.1) is 6.92 Å². The van der Waals surface area contributed by atoms with E-state index in [1.165, 1.54) is 26.2 Å². The molecule has 0 bridgehead atoms. The molecule has 0 saturated heterocycles. The van der Waals surface area contributed by atoms with Crippen LogP contribution < -0.4 is 14.2 Å². The predicted molar refractivity (Wildman–Crippen MR) is 91.5 cm³/mol. The van der Waals surface area contributed by atoms with Gasteiger partial charge in [-0.2, -0.15) is 0 Å². The Morgan fingerprint density at radius 2 is 1.64 bits per heavy atom. The largest absolute Gasteiger partial charge is 0.493 e. The van der Waals surface area contributed by atoms with E-state index in [0.717, 1.165) is 5.56 Å². The lowest BCUT2D eigenvalue weighted by Gasteiger charge is -2.15. The molecule has 0 radical (unpaired) electrons. The third-order valence-electron chi connectivity index (χ3n) is 4.27. The smallest absolute Gasteiger partial charge is 0.261 e. The van der Waals surface area contributed by atoms with Crippen molar-refractivity contribution < 1.29 is 23.8 Å². The van der Waals surface area contributed by atoms with Crippen molar-refractivity contribution in [1.29, 1.82) is 0 Å². The molecule has 0 N–H and O–H groups in total. The van der Waals surface area contributed by atoms with Crippen molar-refractivity contribution in [3.8, 4) is 17.2 Å². The maximum absolute atomic E-state index is 12.8. The first-order valence-electron chi connectivity index (χ1n) is 7.76. The number of imide groups is 1. The molecule has 1 heterocycles. The fraction of sp³-hybridized carbons (Fsp3) is 0.263. The normalized spacial score (nSPS) is 12.8. The van der Waals surface area contributed by atoms with Gasteiger partial charge >= 0.3 is 0 Å². The second-order valence-corrected chi connectivity index (χ2v) is 5.73. The zero-order valence-electron chi connectivity index (χ0n) is 14.6. The summed E-state index contributed by atoms with van der Waals surface area (Å²) in [5.41, 5.74) is 2.51. The first-order valence-corrected chi connectivity index (χ1v) is 7.76. The number of hydrogen-bond acceptors (Lipinski definition) is 5. The van der Waals surface area contributed by atoms with E-state index in [1.807, 2.05) is 19.1 Å². The summed E-state index contributed by atoms with van der Waals surface area (Å²) < 4.78 is 16.1. The van der Waals surface area contributed by atoms with Crippen molar-refractivity contribution in [2.45, 2.75) is 13.5 Å². The third-order valence-corrected chi connectivity index (χ3v) is 4.27. The highest BCUT2D eigenvalue weighted by Crippen LogP contribution is 2.45. The Hall–Kier alpha value is -3.02. The summed E-state index contributed by atoms with van der Waals surface area (Å²) in [6, 6.07) is 8.70. The summed E-state index contributed by atoms with van der Waals surface area (Å²) in [5, 5.41) is 0. The molecule has 0 atom stereocenters. The van der Waals surface area contributed by atoms with E-state index in [0.29, 0.717) is 33.9 Å². The van der Waals surface area contributed by atoms with Gasteiger partial charge in [0, 0.05) is 11.1 Å². The molecule has 1 aliphatic rings. The fourth-order valence-electron chi connectivity index (χ4n) is 2.95. The van der Waals surface area contributed by atoms with E-state index in [9.17, 15) is 9.59 Å². The maximum atomic E-state index is 12.8. The van der Waals surface area contributed by atoms with Gasteiger partial charge in [0.2, 0.25) is 5.75 Å². The van der Waals surface area contributed by atoms with Crippen molar-refractivity contribution >= 4 is 11.8 Å². The lowest BCUT2D eigenvalue weighted by Crippen LogP contribution is -2.31. The Kier molecular flexibility index (Phi) is 4.35. The molecule has 130 valence electrons. The van der Waals surface area contributed by atoms with Gasteiger partial charge in [-0.1, -0.05) is 17.7 Å². The molecule has 25 heavy (non-hydrogen) atoms. The molecule has 0 aromatic heterocycles. The minimum atomic E-state index is -0.375. The number of rotatable bonds is 4. The van der Waals surface area contributed by atoms with E-state index in [-0.39, 0.29) is 18.4 Å². The molecule has 0 aliphatic carbocycles. The van der Waals surface area contributed by atoms with E-state index >= 15 is 0 Å². The van der Waals surface area contributed by atoms with E-state index in [1.54, 1.807) is 18.2 Å². The number of carbonyl (C=O) groups excluding carboxylic acids is 2. The molecule has 1 aliphatic heterocycles. The van der Waals surface area contributed by atoms with Gasteiger partial charge < -0.3 is 14.2 Å². The molecule has 0 spiro atoms. The van der Waals surface area contributed by atoms with Crippen LogP contribution in [0.1, 0.15) is 31.8 Å². The Morgan fingerprint density at radius 1 is 1.00 bits per heavy atom. The van der Waals surface area contributed by atoms with E-state index in [4.69, 9.17) is 14.2 Å². The van der Waals surface area contributed by atoms with Crippen LogP contribution in [0.3, 0.4) is 0 Å². The van der Waals surface area contributed by atoms with Crippen LogP contribution in [0.15, 0.2) is 30.3 Å². The second-order valence-electron chi connectivity index (χ2n) is 5.73. The number of benzene rings is 2. The van der Waals surface area contributed by atoms with E-state index in [2.05, 4.69) is 0 Å². The summed E-state index contributed by atoms with van der Waals surface area (Å²) >= 11 is 0. The van der Waals surface area contributed by atoms with Gasteiger partial charge in [-0.05, 0) is 25.1 Å². The van der Waals surface area contributed by atoms with E-state index < -0.39 is 0 Å². The molecule has 2 amide bonds. The SMILES string of the molecule is COc1cc2c(c(OC)c1OC)CN(C(=O)c1ccc(C)cc1)C2=O. The Bertz CT molecular complexity index is 842. The number of amides is 2. The molecular weight excluding hydrogens is 322 g/mol. The molecule has 0 saturated carbocycles. The number of aryl methyl sites for hydroxylation is 1. The van der Waals surface area contributed by atoms with Crippen LogP contribution in [-0.2, 0) is 6.54 Å². The minimum Gasteiger partial charge on any atom is -0.493 e. The number of hydrogen-bond donors (Lipinski definition) is 0. The number of nitrogens with zero attached hydrogens (tertiary/aromatic N) is 1. The van der Waals surface area contributed by atoms with Crippen LogP contribution >= 0.6 is 0 Å². The fourth-order valence-corrected chi connectivity index (χ4v) is 2.95. The molecule has 3 rings (SSSR count).